The van der Waals surface area contributed by atoms with Crippen molar-refractivity contribution in [1.82, 2.24) is 20.0 Å². The highest BCUT2D eigenvalue weighted by Gasteiger charge is 2.34. The van der Waals surface area contributed by atoms with E-state index < -0.39 is 0 Å². The first kappa shape index (κ1) is 28.8. The van der Waals surface area contributed by atoms with Crippen molar-refractivity contribution in [2.45, 2.75) is 107 Å². The third kappa shape index (κ3) is 8.66. The summed E-state index contributed by atoms with van der Waals surface area (Å²) in [5, 5.41) is 4.50. The highest BCUT2D eigenvalue weighted by atomic mass is 35.5. The van der Waals surface area contributed by atoms with Crippen molar-refractivity contribution < 1.29 is 4.79 Å². The van der Waals surface area contributed by atoms with Crippen LogP contribution in [0.2, 0.25) is 5.02 Å². The van der Waals surface area contributed by atoms with Crippen LogP contribution in [0, 0.1) is 0 Å². The van der Waals surface area contributed by atoms with E-state index in [1.807, 2.05) is 12.1 Å². The number of likely N-dealkylation sites (N-methyl/N-ethyl adjacent to an activating group) is 1. The zero-order valence-corrected chi connectivity index (χ0v) is 24.0. The van der Waals surface area contributed by atoms with E-state index >= 15 is 0 Å². The molecule has 3 N–H and O–H groups in total. The van der Waals surface area contributed by atoms with E-state index in [0.717, 1.165) is 81.3 Å². The maximum absolute atomic E-state index is 13.9. The van der Waals surface area contributed by atoms with E-state index in [1.54, 1.807) is 0 Å². The van der Waals surface area contributed by atoms with Crippen LogP contribution in [0.1, 0.15) is 76.2 Å². The van der Waals surface area contributed by atoms with E-state index in [0.29, 0.717) is 24.5 Å². The molecule has 6 nitrogen and oxygen atoms in total. The standard InChI is InChI=1S/C30H50ClN5O/c1-34(2)20-21-36(27-6-4-3-5-7-27)28-16-18-35(19-17-28)30(37)29(22-23-8-10-24(31)11-9-23)33-26-14-12-25(32)13-15-26/h8-11,25-29,33H,3-7,12-22,32H2,1-2H3/t25?,26?,29-/m1/s1. The molecule has 208 valence electrons. The molecule has 1 amide bonds. The number of carbonyl (C=O) groups excluding carboxylic acids is 1. The number of nitrogens with zero attached hydrogens (tertiary/aromatic N) is 3. The molecule has 0 radical (unpaired) electrons. The average molecular weight is 532 g/mol. The second-order valence-corrected chi connectivity index (χ2v) is 12.5. The zero-order chi connectivity index (χ0) is 26.2. The zero-order valence-electron chi connectivity index (χ0n) is 23.2. The fraction of sp³-hybridized carbons (Fsp3) is 0.767. The summed E-state index contributed by atoms with van der Waals surface area (Å²) in [5.74, 6) is 0.265. The van der Waals surface area contributed by atoms with Gasteiger partial charge in [-0.25, -0.2) is 0 Å². The Morgan fingerprint density at radius 3 is 2.19 bits per heavy atom. The first-order valence-corrected chi connectivity index (χ1v) is 15.2. The average Bonchev–Trinajstić information content (AvgIpc) is 2.91. The largest absolute Gasteiger partial charge is 0.341 e. The van der Waals surface area contributed by atoms with Gasteiger partial charge in [-0.2, -0.15) is 0 Å². The Morgan fingerprint density at radius 1 is 0.946 bits per heavy atom. The number of hydrogen-bond acceptors (Lipinski definition) is 5. The van der Waals surface area contributed by atoms with Crippen LogP contribution in [-0.4, -0.2) is 91.1 Å². The first-order valence-electron chi connectivity index (χ1n) is 14.8. The Hall–Kier alpha value is -1.18. The fourth-order valence-corrected chi connectivity index (χ4v) is 6.80. The van der Waals surface area contributed by atoms with Crippen molar-refractivity contribution in [3.63, 3.8) is 0 Å². The lowest BCUT2D eigenvalue weighted by Crippen LogP contribution is -2.56. The number of piperidine rings is 1. The summed E-state index contributed by atoms with van der Waals surface area (Å²) in [4.78, 5) is 21.2. The molecule has 37 heavy (non-hydrogen) atoms. The molecule has 1 aliphatic heterocycles. The lowest BCUT2D eigenvalue weighted by Gasteiger charge is -2.44. The number of carbonyl (C=O) groups is 1. The van der Waals surface area contributed by atoms with Crippen molar-refractivity contribution in [1.29, 1.82) is 0 Å². The monoisotopic (exact) mass is 531 g/mol. The van der Waals surface area contributed by atoms with Crippen molar-refractivity contribution in [3.8, 4) is 0 Å². The Kier molecular flexibility index (Phi) is 11.1. The molecule has 3 fully saturated rings. The molecular formula is C30H50ClN5O. The van der Waals surface area contributed by atoms with E-state index in [4.69, 9.17) is 17.3 Å². The van der Waals surface area contributed by atoms with Crippen molar-refractivity contribution in [3.05, 3.63) is 34.9 Å². The van der Waals surface area contributed by atoms with Gasteiger partial charge in [-0.05, 0) is 89.6 Å². The summed E-state index contributed by atoms with van der Waals surface area (Å²) < 4.78 is 0. The Labute approximate surface area is 230 Å². The minimum atomic E-state index is -0.194. The van der Waals surface area contributed by atoms with Crippen LogP contribution < -0.4 is 11.1 Å². The molecule has 1 heterocycles. The number of nitrogens with two attached hydrogens (primary N) is 1. The van der Waals surface area contributed by atoms with Crippen LogP contribution in [0.3, 0.4) is 0 Å². The van der Waals surface area contributed by atoms with Crippen molar-refractivity contribution in [2.24, 2.45) is 5.73 Å². The van der Waals surface area contributed by atoms with Gasteiger partial charge in [-0.3, -0.25) is 9.69 Å². The maximum atomic E-state index is 13.9. The van der Waals surface area contributed by atoms with Gasteiger partial charge in [0.15, 0.2) is 0 Å². The van der Waals surface area contributed by atoms with Gasteiger partial charge in [0.2, 0.25) is 5.91 Å². The molecule has 1 saturated heterocycles. The van der Waals surface area contributed by atoms with Crippen molar-refractivity contribution >= 4 is 17.5 Å². The van der Waals surface area contributed by atoms with Crippen LogP contribution in [0.4, 0.5) is 0 Å². The topological polar surface area (TPSA) is 64.8 Å². The SMILES string of the molecule is CN(C)CCN(C1CCCCC1)C1CCN(C(=O)[C@@H](Cc2ccc(Cl)cc2)NC2CCC(N)CC2)CC1. The predicted molar refractivity (Wildman–Crippen MR) is 154 cm³/mol. The molecule has 2 aliphatic carbocycles. The van der Waals surface area contributed by atoms with Gasteiger partial charge in [0.1, 0.15) is 0 Å². The van der Waals surface area contributed by atoms with Gasteiger partial charge >= 0.3 is 0 Å². The number of likely N-dealkylation sites (tertiary alicyclic amines) is 1. The smallest absolute Gasteiger partial charge is 0.240 e. The first-order chi connectivity index (χ1) is 17.9. The third-order valence-corrected chi connectivity index (χ3v) is 9.21. The van der Waals surface area contributed by atoms with Gasteiger partial charge in [-0.1, -0.05) is 43.0 Å². The molecule has 0 unspecified atom stereocenters. The van der Waals surface area contributed by atoms with Crippen LogP contribution in [0.25, 0.3) is 0 Å². The summed E-state index contributed by atoms with van der Waals surface area (Å²) in [6.45, 7) is 3.97. The second kappa shape index (κ2) is 14.3. The highest BCUT2D eigenvalue weighted by Crippen LogP contribution is 2.28. The van der Waals surface area contributed by atoms with Crippen LogP contribution in [0.5, 0.6) is 0 Å². The molecule has 0 spiro atoms. The number of nitrogens with one attached hydrogen (secondary N) is 1. The van der Waals surface area contributed by atoms with Gasteiger partial charge in [0.25, 0.3) is 0 Å². The third-order valence-electron chi connectivity index (χ3n) is 8.95. The van der Waals surface area contributed by atoms with Crippen molar-refractivity contribution in [2.75, 3.05) is 40.3 Å². The predicted octanol–water partition coefficient (Wildman–Crippen LogP) is 4.30. The number of benzene rings is 1. The molecular weight excluding hydrogens is 482 g/mol. The minimum Gasteiger partial charge on any atom is -0.341 e. The summed E-state index contributed by atoms with van der Waals surface area (Å²) in [6, 6.07) is 9.76. The van der Waals surface area contributed by atoms with Gasteiger partial charge in [0.05, 0.1) is 6.04 Å². The van der Waals surface area contributed by atoms with E-state index in [-0.39, 0.29) is 11.9 Å². The summed E-state index contributed by atoms with van der Waals surface area (Å²) in [7, 11) is 4.35. The highest BCUT2D eigenvalue weighted by molar-refractivity contribution is 6.30. The molecule has 0 bridgehead atoms. The summed E-state index contributed by atoms with van der Waals surface area (Å²) in [5.41, 5.74) is 7.31. The van der Waals surface area contributed by atoms with Gasteiger partial charge in [0, 0.05) is 55.4 Å². The second-order valence-electron chi connectivity index (χ2n) is 12.1. The van der Waals surface area contributed by atoms with E-state index in [9.17, 15) is 4.79 Å². The molecule has 1 aromatic carbocycles. The van der Waals surface area contributed by atoms with Crippen LogP contribution in [0.15, 0.2) is 24.3 Å². The maximum Gasteiger partial charge on any atom is 0.240 e. The Balaban J connectivity index is 1.38. The van der Waals surface area contributed by atoms with Crippen LogP contribution in [-0.2, 0) is 11.2 Å². The lowest BCUT2D eigenvalue weighted by atomic mass is 9.90. The number of amides is 1. The normalized spacial score (nSPS) is 25.1. The van der Waals surface area contributed by atoms with E-state index in [1.165, 1.54) is 32.1 Å². The molecule has 1 aromatic rings. The molecule has 2 saturated carbocycles. The van der Waals surface area contributed by atoms with E-state index in [2.05, 4.69) is 46.2 Å². The lowest BCUT2D eigenvalue weighted by molar-refractivity contribution is -0.135. The quantitative estimate of drug-likeness (QED) is 0.471. The minimum absolute atomic E-state index is 0.194. The van der Waals surface area contributed by atoms with Gasteiger partial charge in [-0.15, -0.1) is 0 Å². The molecule has 0 aromatic heterocycles. The molecule has 7 heteroatoms. The molecule has 3 aliphatic rings. The Morgan fingerprint density at radius 2 is 1.57 bits per heavy atom. The van der Waals surface area contributed by atoms with Crippen LogP contribution >= 0.6 is 11.6 Å². The summed E-state index contributed by atoms with van der Waals surface area (Å²) in [6.07, 6.45) is 13.8. The Bertz CT molecular complexity index is 812. The number of halogens is 1. The fourth-order valence-electron chi connectivity index (χ4n) is 6.67. The molecule has 1 atom stereocenters. The number of hydrogen-bond donors (Lipinski definition) is 2. The van der Waals surface area contributed by atoms with Gasteiger partial charge < -0.3 is 20.9 Å². The number of rotatable bonds is 10. The summed E-state index contributed by atoms with van der Waals surface area (Å²) >= 11 is 6.13. The molecule has 4 rings (SSSR count).